The maximum Gasteiger partial charge on any atom is 0.215 e. The summed E-state index contributed by atoms with van der Waals surface area (Å²) in [5.74, 6) is 0.376. The molecule has 20 heavy (non-hydrogen) atoms. The van der Waals surface area contributed by atoms with E-state index in [9.17, 15) is 4.79 Å². The second kappa shape index (κ2) is 5.09. The Labute approximate surface area is 116 Å². The second-order valence-corrected chi connectivity index (χ2v) is 4.27. The molecule has 3 aromatic rings. The molecule has 4 nitrogen and oxygen atoms in total. The van der Waals surface area contributed by atoms with Crippen LogP contribution in [0, 0.1) is 0 Å². The van der Waals surface area contributed by atoms with Crippen LogP contribution in [0.5, 0.6) is 5.75 Å². The summed E-state index contributed by atoms with van der Waals surface area (Å²) in [5, 5.41) is 0.742. The van der Waals surface area contributed by atoms with Gasteiger partial charge in [-0.1, -0.05) is 30.3 Å². The first-order chi connectivity index (χ1) is 9.81. The monoisotopic (exact) mass is 264 g/mol. The first-order valence-corrected chi connectivity index (χ1v) is 6.18. The Bertz CT molecular complexity index is 779. The lowest BCUT2D eigenvalue weighted by Gasteiger charge is -2.08. The fraction of sp³-hybridized carbons (Fsp3) is 0.0625. The van der Waals surface area contributed by atoms with E-state index in [2.05, 4.69) is 9.97 Å². The van der Waals surface area contributed by atoms with Crippen LogP contribution in [-0.2, 0) is 0 Å². The van der Waals surface area contributed by atoms with Crippen molar-refractivity contribution in [3.63, 3.8) is 0 Å². The van der Waals surface area contributed by atoms with Crippen molar-refractivity contribution in [1.29, 1.82) is 0 Å². The molecule has 2 aromatic carbocycles. The number of nitrogens with zero attached hydrogens (tertiary/aromatic N) is 2. The lowest BCUT2D eigenvalue weighted by atomic mass is 10.0. The van der Waals surface area contributed by atoms with Crippen LogP contribution in [0.2, 0.25) is 0 Å². The fourth-order valence-corrected chi connectivity index (χ4v) is 2.15. The van der Waals surface area contributed by atoms with Crippen LogP contribution in [0.15, 0.2) is 54.9 Å². The number of fused-ring (bicyclic) bond motifs is 1. The molecular formula is C16H12N2O2. The third-order valence-corrected chi connectivity index (χ3v) is 3.11. The Morgan fingerprint density at radius 3 is 2.60 bits per heavy atom. The molecule has 1 heterocycles. The molecule has 0 spiro atoms. The molecule has 0 radical (unpaired) electrons. The van der Waals surface area contributed by atoms with Gasteiger partial charge in [0.2, 0.25) is 5.78 Å². The van der Waals surface area contributed by atoms with Gasteiger partial charge in [0.1, 0.15) is 17.8 Å². The van der Waals surface area contributed by atoms with E-state index >= 15 is 0 Å². The zero-order valence-electron chi connectivity index (χ0n) is 10.9. The number of aromatic nitrogens is 2. The standard InChI is InChI=1S/C16H12N2O2/c1-20-14-9-5-3-7-12(14)16(19)15-11-6-2-4-8-13(11)17-10-18-15/h2-10H,1H3. The fourth-order valence-electron chi connectivity index (χ4n) is 2.15. The van der Waals surface area contributed by atoms with E-state index in [1.165, 1.54) is 6.33 Å². The van der Waals surface area contributed by atoms with Crippen LogP contribution in [0.4, 0.5) is 0 Å². The van der Waals surface area contributed by atoms with Crippen LogP contribution < -0.4 is 4.74 Å². The maximum absolute atomic E-state index is 12.7. The number of para-hydroxylation sites is 2. The molecule has 0 saturated carbocycles. The lowest BCUT2D eigenvalue weighted by Crippen LogP contribution is -2.07. The van der Waals surface area contributed by atoms with Crippen molar-refractivity contribution in [1.82, 2.24) is 9.97 Å². The van der Waals surface area contributed by atoms with Crippen molar-refractivity contribution < 1.29 is 9.53 Å². The third-order valence-electron chi connectivity index (χ3n) is 3.11. The van der Waals surface area contributed by atoms with Gasteiger partial charge in [0.05, 0.1) is 18.2 Å². The number of carbonyl (C=O) groups excluding carboxylic acids is 1. The summed E-state index contributed by atoms with van der Waals surface area (Å²) < 4.78 is 5.24. The van der Waals surface area contributed by atoms with Crippen LogP contribution in [-0.4, -0.2) is 22.9 Å². The normalized spacial score (nSPS) is 10.4. The number of ether oxygens (including phenoxy) is 1. The average Bonchev–Trinajstić information content (AvgIpc) is 2.53. The topological polar surface area (TPSA) is 52.1 Å². The van der Waals surface area contributed by atoms with Crippen molar-refractivity contribution in [2.75, 3.05) is 7.11 Å². The molecular weight excluding hydrogens is 252 g/mol. The molecule has 0 bridgehead atoms. The zero-order chi connectivity index (χ0) is 13.9. The summed E-state index contributed by atoms with van der Waals surface area (Å²) in [6, 6.07) is 14.6. The molecule has 0 aliphatic rings. The van der Waals surface area contributed by atoms with Crippen molar-refractivity contribution in [3.05, 3.63) is 66.1 Å². The number of ketones is 1. The van der Waals surface area contributed by atoms with Gasteiger partial charge in [-0.15, -0.1) is 0 Å². The van der Waals surface area contributed by atoms with Gasteiger partial charge in [0.15, 0.2) is 0 Å². The number of rotatable bonds is 3. The first kappa shape index (κ1) is 12.3. The minimum atomic E-state index is -0.166. The Morgan fingerprint density at radius 2 is 1.75 bits per heavy atom. The highest BCUT2D eigenvalue weighted by molar-refractivity contribution is 6.15. The van der Waals surface area contributed by atoms with Gasteiger partial charge in [-0.05, 0) is 18.2 Å². The minimum Gasteiger partial charge on any atom is -0.496 e. The molecule has 0 aliphatic carbocycles. The van der Waals surface area contributed by atoms with Crippen molar-refractivity contribution in [2.24, 2.45) is 0 Å². The maximum atomic E-state index is 12.7. The molecule has 3 rings (SSSR count). The second-order valence-electron chi connectivity index (χ2n) is 4.27. The summed E-state index contributed by atoms with van der Waals surface area (Å²) in [6.07, 6.45) is 1.41. The molecule has 98 valence electrons. The van der Waals surface area contributed by atoms with Gasteiger partial charge in [-0.3, -0.25) is 4.79 Å². The predicted molar refractivity (Wildman–Crippen MR) is 76.0 cm³/mol. The zero-order valence-corrected chi connectivity index (χ0v) is 10.9. The van der Waals surface area contributed by atoms with Gasteiger partial charge in [0, 0.05) is 5.39 Å². The summed E-state index contributed by atoms with van der Waals surface area (Å²) in [5.41, 5.74) is 1.64. The summed E-state index contributed by atoms with van der Waals surface area (Å²) in [7, 11) is 1.55. The molecule has 0 saturated heterocycles. The number of carbonyl (C=O) groups is 1. The molecule has 0 N–H and O–H groups in total. The van der Waals surface area contributed by atoms with E-state index in [1.807, 2.05) is 30.3 Å². The van der Waals surface area contributed by atoms with E-state index in [-0.39, 0.29) is 5.78 Å². The SMILES string of the molecule is COc1ccccc1C(=O)c1ncnc2ccccc12. The van der Waals surface area contributed by atoms with Crippen LogP contribution in [0.3, 0.4) is 0 Å². The van der Waals surface area contributed by atoms with E-state index in [1.54, 1.807) is 25.3 Å². The van der Waals surface area contributed by atoms with Gasteiger partial charge in [-0.2, -0.15) is 0 Å². The highest BCUT2D eigenvalue weighted by Crippen LogP contribution is 2.23. The molecule has 0 atom stereocenters. The molecule has 1 aromatic heterocycles. The summed E-state index contributed by atoms with van der Waals surface area (Å²) in [6.45, 7) is 0. The van der Waals surface area contributed by atoms with E-state index in [0.29, 0.717) is 17.0 Å². The average molecular weight is 264 g/mol. The van der Waals surface area contributed by atoms with Gasteiger partial charge >= 0.3 is 0 Å². The van der Waals surface area contributed by atoms with Crippen molar-refractivity contribution >= 4 is 16.7 Å². The highest BCUT2D eigenvalue weighted by atomic mass is 16.5. The number of hydrogen-bond acceptors (Lipinski definition) is 4. The van der Waals surface area contributed by atoms with Crippen LogP contribution >= 0.6 is 0 Å². The lowest BCUT2D eigenvalue weighted by molar-refractivity contribution is 0.103. The van der Waals surface area contributed by atoms with E-state index < -0.39 is 0 Å². The van der Waals surface area contributed by atoms with Gasteiger partial charge in [0.25, 0.3) is 0 Å². The third kappa shape index (κ3) is 2.01. The first-order valence-electron chi connectivity index (χ1n) is 6.18. The number of methoxy groups -OCH3 is 1. The molecule has 0 amide bonds. The van der Waals surface area contributed by atoms with E-state index in [0.717, 1.165) is 10.9 Å². The Hall–Kier alpha value is -2.75. The molecule has 0 fully saturated rings. The summed E-state index contributed by atoms with van der Waals surface area (Å²) >= 11 is 0. The molecule has 0 unspecified atom stereocenters. The summed E-state index contributed by atoms with van der Waals surface area (Å²) in [4.78, 5) is 21.0. The van der Waals surface area contributed by atoms with Crippen molar-refractivity contribution in [2.45, 2.75) is 0 Å². The smallest absolute Gasteiger partial charge is 0.215 e. The Kier molecular flexibility index (Phi) is 3.13. The molecule has 4 heteroatoms. The van der Waals surface area contributed by atoms with E-state index in [4.69, 9.17) is 4.74 Å². The van der Waals surface area contributed by atoms with Gasteiger partial charge in [-0.25, -0.2) is 9.97 Å². The number of hydrogen-bond donors (Lipinski definition) is 0. The van der Waals surface area contributed by atoms with Crippen LogP contribution in [0.1, 0.15) is 16.1 Å². The van der Waals surface area contributed by atoms with Gasteiger partial charge < -0.3 is 4.74 Å². The van der Waals surface area contributed by atoms with Crippen LogP contribution in [0.25, 0.3) is 10.9 Å². The Morgan fingerprint density at radius 1 is 1.00 bits per heavy atom. The number of benzene rings is 2. The minimum absolute atomic E-state index is 0.166. The Balaban J connectivity index is 2.18. The molecule has 0 aliphatic heterocycles. The highest BCUT2D eigenvalue weighted by Gasteiger charge is 2.17. The predicted octanol–water partition coefficient (Wildman–Crippen LogP) is 2.87. The van der Waals surface area contributed by atoms with Crippen molar-refractivity contribution in [3.8, 4) is 5.75 Å². The largest absolute Gasteiger partial charge is 0.496 e. The quantitative estimate of drug-likeness (QED) is 0.682.